The predicted octanol–water partition coefficient (Wildman–Crippen LogP) is -1.41. The highest BCUT2D eigenvalue weighted by molar-refractivity contribution is 6.10. The maximum atomic E-state index is 13.2. The van der Waals surface area contributed by atoms with Gasteiger partial charge in [0.05, 0.1) is 12.2 Å². The number of phenols is 1. The quantitative estimate of drug-likeness (QED) is 0.381. The summed E-state index contributed by atoms with van der Waals surface area (Å²) < 4.78 is 10.7. The minimum atomic E-state index is -2.52. The van der Waals surface area contributed by atoms with Gasteiger partial charge in [0, 0.05) is 17.0 Å². The van der Waals surface area contributed by atoms with Crippen LogP contribution in [0.15, 0.2) is 18.2 Å². The van der Waals surface area contributed by atoms with Gasteiger partial charge >= 0.3 is 0 Å². The second-order valence-corrected chi connectivity index (χ2v) is 8.19. The molecule has 9 atom stereocenters. The highest BCUT2D eigenvalue weighted by Crippen LogP contribution is 2.70. The predicted molar refractivity (Wildman–Crippen MR) is 89.4 cm³/mol. The van der Waals surface area contributed by atoms with Crippen LogP contribution in [0.1, 0.15) is 35.9 Å². The van der Waals surface area contributed by atoms with Crippen LogP contribution in [-0.4, -0.2) is 78.3 Å². The molecule has 0 bridgehead atoms. The van der Waals surface area contributed by atoms with E-state index in [0.717, 1.165) is 0 Å². The molecule has 150 valence electrons. The molecule has 5 N–H and O–H groups in total. The minimum Gasteiger partial charge on any atom is -0.508 e. The zero-order valence-corrected chi connectivity index (χ0v) is 15.1. The van der Waals surface area contributed by atoms with Gasteiger partial charge in [-0.25, -0.2) is 0 Å². The van der Waals surface area contributed by atoms with Crippen molar-refractivity contribution in [2.45, 2.75) is 61.2 Å². The Kier molecular flexibility index (Phi) is 3.24. The largest absolute Gasteiger partial charge is 0.508 e. The lowest BCUT2D eigenvalue weighted by Crippen LogP contribution is -2.74. The summed E-state index contributed by atoms with van der Waals surface area (Å²) in [6.45, 7) is 2.95. The van der Waals surface area contributed by atoms with Crippen LogP contribution in [0.25, 0.3) is 0 Å². The summed E-state index contributed by atoms with van der Waals surface area (Å²) in [5.41, 5.74) is -6.92. The monoisotopic (exact) mass is 392 g/mol. The maximum absolute atomic E-state index is 13.2. The van der Waals surface area contributed by atoms with Crippen LogP contribution < -0.4 is 0 Å². The molecule has 5 rings (SSSR count). The summed E-state index contributed by atoms with van der Waals surface area (Å²) >= 11 is 0. The lowest BCUT2D eigenvalue weighted by Gasteiger charge is -2.49. The summed E-state index contributed by atoms with van der Waals surface area (Å²) in [5, 5.41) is 54.4. The molecule has 3 fully saturated rings. The molecule has 2 aliphatic carbocycles. The molecule has 0 radical (unpaired) electrons. The number of hydrogen-bond acceptors (Lipinski definition) is 9. The van der Waals surface area contributed by atoms with E-state index in [1.165, 1.54) is 25.1 Å². The van der Waals surface area contributed by atoms with Gasteiger partial charge in [-0.15, -0.1) is 0 Å². The van der Waals surface area contributed by atoms with Gasteiger partial charge in [-0.3, -0.25) is 9.59 Å². The molecule has 4 aliphatic rings. The second-order valence-electron chi connectivity index (χ2n) is 8.19. The number of aromatic hydroxyl groups is 1. The van der Waals surface area contributed by atoms with Gasteiger partial charge in [0.1, 0.15) is 24.1 Å². The van der Waals surface area contributed by atoms with Crippen LogP contribution in [0.4, 0.5) is 0 Å². The number of ketones is 2. The number of rotatable bonds is 2. The fourth-order valence-electron chi connectivity index (χ4n) is 5.23. The Hall–Kier alpha value is -1.88. The number of hydrogen-bond donors (Lipinski definition) is 5. The lowest BCUT2D eigenvalue weighted by atomic mass is 9.55. The van der Waals surface area contributed by atoms with Gasteiger partial charge < -0.3 is 35.0 Å². The van der Waals surface area contributed by atoms with Crippen molar-refractivity contribution in [2.75, 3.05) is 0 Å². The van der Waals surface area contributed by atoms with Crippen LogP contribution in [0.5, 0.6) is 5.75 Å². The number of benzene rings is 1. The number of aliphatic hydroxyl groups excluding tert-OH is 3. The van der Waals surface area contributed by atoms with Crippen molar-refractivity contribution in [3.63, 3.8) is 0 Å². The Morgan fingerprint density at radius 1 is 1.18 bits per heavy atom. The molecule has 1 aromatic carbocycles. The third-order valence-electron chi connectivity index (χ3n) is 6.98. The van der Waals surface area contributed by atoms with Crippen molar-refractivity contribution < 1.29 is 44.6 Å². The average molecular weight is 392 g/mol. The van der Waals surface area contributed by atoms with E-state index >= 15 is 0 Å². The van der Waals surface area contributed by atoms with Gasteiger partial charge in [-0.1, -0.05) is 19.1 Å². The maximum Gasteiger partial charge on any atom is 0.201 e. The highest BCUT2D eigenvalue weighted by Gasteiger charge is 2.92. The molecule has 2 aliphatic heterocycles. The fourth-order valence-corrected chi connectivity index (χ4v) is 5.23. The second kappa shape index (κ2) is 4.99. The van der Waals surface area contributed by atoms with Crippen molar-refractivity contribution in [1.82, 2.24) is 0 Å². The number of epoxide rings is 2. The van der Waals surface area contributed by atoms with E-state index in [4.69, 9.17) is 9.47 Å². The van der Waals surface area contributed by atoms with Gasteiger partial charge in [0.25, 0.3) is 0 Å². The van der Waals surface area contributed by atoms with Crippen molar-refractivity contribution in [3.05, 3.63) is 29.3 Å². The number of ether oxygens (including phenoxy) is 2. The van der Waals surface area contributed by atoms with Gasteiger partial charge in [0.15, 0.2) is 22.6 Å². The van der Waals surface area contributed by atoms with E-state index in [9.17, 15) is 35.1 Å². The van der Waals surface area contributed by atoms with Crippen molar-refractivity contribution in [2.24, 2.45) is 5.92 Å². The Bertz CT molecular complexity index is 930. The number of fused-ring (bicyclic) bond motifs is 1. The fraction of sp³-hybridized carbons (Fsp3) is 0.579. The number of phenolic OH excluding ortho intramolecular Hbond substituents is 1. The topological polar surface area (TPSA) is 160 Å². The molecule has 28 heavy (non-hydrogen) atoms. The Morgan fingerprint density at radius 3 is 2.43 bits per heavy atom. The van der Waals surface area contributed by atoms with Crippen LogP contribution in [0.2, 0.25) is 0 Å². The smallest absolute Gasteiger partial charge is 0.201 e. The first-order chi connectivity index (χ1) is 13.1. The SMILES string of the molecule is CC1OC1C(=O)[C@]1(O)[C@H](C)[C@@H](O)[C@@]23O[C@@]2([C@H](O)c2c(O)cccc2C3=O)[C@H]1O. The molecule has 1 aromatic rings. The summed E-state index contributed by atoms with van der Waals surface area (Å²) in [7, 11) is 0. The summed E-state index contributed by atoms with van der Waals surface area (Å²) in [5.74, 6) is -3.25. The van der Waals surface area contributed by atoms with Gasteiger partial charge in [-0.05, 0) is 13.0 Å². The third-order valence-corrected chi connectivity index (χ3v) is 6.98. The number of carbonyl (C=O) groups excluding carboxylic acids is 2. The molecule has 9 nitrogen and oxygen atoms in total. The van der Waals surface area contributed by atoms with Crippen molar-refractivity contribution in [3.8, 4) is 5.75 Å². The molecule has 0 amide bonds. The summed E-state index contributed by atoms with van der Waals surface area (Å²) in [4.78, 5) is 26.1. The molecule has 9 heteroatoms. The molecular weight excluding hydrogens is 372 g/mol. The first kappa shape index (κ1) is 18.2. The number of aliphatic hydroxyl groups is 4. The highest BCUT2D eigenvalue weighted by atomic mass is 16.7. The molecule has 2 heterocycles. The van der Waals surface area contributed by atoms with Crippen molar-refractivity contribution in [1.29, 1.82) is 0 Å². The number of carbonyl (C=O) groups is 2. The van der Waals surface area contributed by atoms with Crippen LogP contribution in [-0.2, 0) is 14.3 Å². The van der Waals surface area contributed by atoms with E-state index in [0.29, 0.717) is 0 Å². The lowest BCUT2D eigenvalue weighted by molar-refractivity contribution is -0.198. The van der Waals surface area contributed by atoms with Gasteiger partial charge in [0.2, 0.25) is 5.78 Å². The first-order valence-electron chi connectivity index (χ1n) is 9.10. The molecule has 0 aromatic heterocycles. The summed E-state index contributed by atoms with van der Waals surface area (Å²) in [6.07, 6.45) is -6.89. The van der Waals surface area contributed by atoms with E-state index in [1.54, 1.807) is 6.92 Å². The third kappa shape index (κ3) is 1.62. The Morgan fingerprint density at radius 2 is 1.82 bits per heavy atom. The normalized spacial score (nSPS) is 51.0. The zero-order valence-electron chi connectivity index (χ0n) is 15.1. The molecule has 2 saturated heterocycles. The van der Waals surface area contributed by atoms with E-state index in [1.807, 2.05) is 0 Å². The zero-order chi connectivity index (χ0) is 20.4. The molecule has 2 unspecified atom stereocenters. The first-order valence-corrected chi connectivity index (χ1v) is 9.10. The Balaban J connectivity index is 1.70. The van der Waals surface area contributed by atoms with E-state index < -0.39 is 70.6 Å². The molecule has 1 saturated carbocycles. The average Bonchev–Trinajstić information content (AvgIpc) is 3.57. The summed E-state index contributed by atoms with van der Waals surface area (Å²) in [6, 6.07) is 4.04. The van der Waals surface area contributed by atoms with E-state index in [2.05, 4.69) is 0 Å². The van der Waals surface area contributed by atoms with Crippen LogP contribution in [0, 0.1) is 5.92 Å². The molecule has 0 spiro atoms. The Labute approximate surface area is 159 Å². The van der Waals surface area contributed by atoms with Gasteiger partial charge in [-0.2, -0.15) is 0 Å². The van der Waals surface area contributed by atoms with Crippen LogP contribution >= 0.6 is 0 Å². The van der Waals surface area contributed by atoms with Crippen molar-refractivity contribution >= 4 is 11.6 Å². The number of Topliss-reactive ketones (excluding diaryl/α,β-unsaturated/α-hetero) is 2. The van der Waals surface area contributed by atoms with E-state index in [-0.39, 0.29) is 11.1 Å². The standard InChI is InChI=1S/C19H20O9/c1-6-12(21)18-13(22)8-4-3-5-9(20)10(8)14(23)19(18,28-18)16(25)17(6,26)15(24)11-7(2)27-11/h3-7,11-12,14,16,20-21,23,25-26H,1-2H3/t6-,7?,11?,12-,14-,16+,17-,18+,19+/m1/s1. The minimum absolute atomic E-state index is 0.0463. The molecular formula is C19H20O9. The van der Waals surface area contributed by atoms with Crippen LogP contribution in [0.3, 0.4) is 0 Å².